The lowest BCUT2D eigenvalue weighted by Gasteiger charge is -2.12. The average molecular weight is 314 g/mol. The maximum absolute atomic E-state index is 2.35. The maximum Gasteiger partial charge on any atom is 0.212 e. The van der Waals surface area contributed by atoms with Crippen molar-refractivity contribution in [1.29, 1.82) is 0 Å². The molecule has 24 heavy (non-hydrogen) atoms. The van der Waals surface area contributed by atoms with Gasteiger partial charge in [-0.1, -0.05) is 44.2 Å². The summed E-state index contributed by atoms with van der Waals surface area (Å²) >= 11 is 0. The minimum Gasteiger partial charge on any atom is -0.201 e. The predicted octanol–water partition coefficient (Wildman–Crippen LogP) is 5.18. The third-order valence-corrected chi connectivity index (χ3v) is 5.39. The van der Waals surface area contributed by atoms with Gasteiger partial charge < -0.3 is 0 Å². The SMILES string of the molecule is Cc1c(-c2cc(C(C)C)cc[n+]2C)ccc2c1Cc1ccccc1-2. The van der Waals surface area contributed by atoms with Crippen LogP contribution in [0.4, 0.5) is 0 Å². The molecule has 0 radical (unpaired) electrons. The summed E-state index contributed by atoms with van der Waals surface area (Å²) in [6.45, 7) is 6.79. The maximum atomic E-state index is 2.35. The number of nitrogens with zero attached hydrogens (tertiary/aromatic N) is 1. The Balaban J connectivity index is 1.88. The quantitative estimate of drug-likeness (QED) is 0.449. The molecule has 1 heteroatoms. The van der Waals surface area contributed by atoms with Crippen molar-refractivity contribution in [1.82, 2.24) is 0 Å². The third-order valence-electron chi connectivity index (χ3n) is 5.39. The van der Waals surface area contributed by atoms with Crippen molar-refractivity contribution in [2.24, 2.45) is 7.05 Å². The summed E-state index contributed by atoms with van der Waals surface area (Å²) in [6, 6.07) is 18.0. The smallest absolute Gasteiger partial charge is 0.201 e. The zero-order valence-electron chi connectivity index (χ0n) is 14.9. The van der Waals surface area contributed by atoms with Gasteiger partial charge in [0, 0.05) is 17.7 Å². The van der Waals surface area contributed by atoms with E-state index in [2.05, 4.69) is 87.1 Å². The molecule has 0 N–H and O–H groups in total. The Labute approximate surface area is 144 Å². The van der Waals surface area contributed by atoms with Gasteiger partial charge in [-0.2, -0.15) is 0 Å². The van der Waals surface area contributed by atoms with Gasteiger partial charge in [0.15, 0.2) is 6.20 Å². The van der Waals surface area contributed by atoms with E-state index in [1.54, 1.807) is 0 Å². The van der Waals surface area contributed by atoms with Crippen molar-refractivity contribution in [2.45, 2.75) is 33.1 Å². The van der Waals surface area contributed by atoms with Gasteiger partial charge in [0.1, 0.15) is 7.05 Å². The summed E-state index contributed by atoms with van der Waals surface area (Å²) in [5.41, 5.74) is 11.2. The fourth-order valence-electron chi connectivity index (χ4n) is 3.85. The number of benzene rings is 2. The van der Waals surface area contributed by atoms with Crippen LogP contribution in [0.15, 0.2) is 54.7 Å². The van der Waals surface area contributed by atoms with E-state index in [4.69, 9.17) is 0 Å². The Bertz CT molecular complexity index is 935. The van der Waals surface area contributed by atoms with Crippen molar-refractivity contribution in [2.75, 3.05) is 0 Å². The first-order valence-electron chi connectivity index (χ1n) is 8.77. The van der Waals surface area contributed by atoms with Crippen LogP contribution in [-0.4, -0.2) is 0 Å². The lowest BCUT2D eigenvalue weighted by Crippen LogP contribution is -2.31. The van der Waals surface area contributed by atoms with Gasteiger partial charge in [0.05, 0.1) is 0 Å². The van der Waals surface area contributed by atoms with Crippen LogP contribution in [0, 0.1) is 6.92 Å². The fraction of sp³-hybridized carbons (Fsp3) is 0.261. The molecule has 4 rings (SSSR count). The summed E-state index contributed by atoms with van der Waals surface area (Å²) < 4.78 is 2.24. The van der Waals surface area contributed by atoms with E-state index >= 15 is 0 Å². The predicted molar refractivity (Wildman–Crippen MR) is 100 cm³/mol. The molecule has 0 unspecified atom stereocenters. The topological polar surface area (TPSA) is 3.88 Å². The molecule has 0 amide bonds. The molecule has 0 saturated carbocycles. The van der Waals surface area contributed by atoms with Gasteiger partial charge in [-0.25, -0.2) is 4.57 Å². The summed E-state index contributed by atoms with van der Waals surface area (Å²) in [7, 11) is 2.14. The number of fused-ring (bicyclic) bond motifs is 3. The lowest BCUT2D eigenvalue weighted by molar-refractivity contribution is -0.660. The summed E-state index contributed by atoms with van der Waals surface area (Å²) in [5.74, 6) is 0.545. The van der Waals surface area contributed by atoms with Crippen LogP contribution >= 0.6 is 0 Å². The molecular weight excluding hydrogens is 290 g/mol. The third kappa shape index (κ3) is 2.27. The molecular formula is C23H24N+. The van der Waals surface area contributed by atoms with Crippen LogP contribution in [-0.2, 0) is 13.5 Å². The van der Waals surface area contributed by atoms with Gasteiger partial charge in [-0.3, -0.25) is 0 Å². The van der Waals surface area contributed by atoms with Crippen molar-refractivity contribution in [3.8, 4) is 22.4 Å². The molecule has 0 fully saturated rings. The number of rotatable bonds is 2. The largest absolute Gasteiger partial charge is 0.212 e. The number of hydrogen-bond donors (Lipinski definition) is 0. The van der Waals surface area contributed by atoms with E-state index in [1.807, 2.05) is 0 Å². The van der Waals surface area contributed by atoms with E-state index in [0.29, 0.717) is 5.92 Å². The standard InChI is InChI=1S/C23H24N/c1-15(2)17-11-12-24(4)23(14-17)19-9-10-21-20-8-6-5-7-18(20)13-22(21)16(19)3/h5-12,14-15H,13H2,1-4H3/q+1. The van der Waals surface area contributed by atoms with Gasteiger partial charge in [0.25, 0.3) is 0 Å². The highest BCUT2D eigenvalue weighted by Gasteiger charge is 2.23. The van der Waals surface area contributed by atoms with E-state index in [9.17, 15) is 0 Å². The highest BCUT2D eigenvalue weighted by atomic mass is 14.9. The zero-order valence-corrected chi connectivity index (χ0v) is 14.9. The van der Waals surface area contributed by atoms with Crippen LogP contribution in [0.3, 0.4) is 0 Å². The summed E-state index contributed by atoms with van der Waals surface area (Å²) in [6.07, 6.45) is 3.24. The van der Waals surface area contributed by atoms with E-state index in [1.165, 1.54) is 44.6 Å². The molecule has 0 atom stereocenters. The molecule has 1 nitrogen and oxygen atoms in total. The molecule has 0 aliphatic heterocycles. The van der Waals surface area contributed by atoms with Crippen molar-refractivity contribution in [3.05, 3.63) is 77.0 Å². The van der Waals surface area contributed by atoms with Gasteiger partial charge in [-0.15, -0.1) is 0 Å². The summed E-state index contributed by atoms with van der Waals surface area (Å²) in [4.78, 5) is 0. The first-order valence-corrected chi connectivity index (χ1v) is 8.77. The first-order chi connectivity index (χ1) is 11.6. The number of hydrogen-bond acceptors (Lipinski definition) is 0. The molecule has 0 spiro atoms. The average Bonchev–Trinajstić information content (AvgIpc) is 2.96. The normalized spacial score (nSPS) is 12.4. The molecule has 0 bridgehead atoms. The van der Waals surface area contributed by atoms with Crippen molar-refractivity contribution < 1.29 is 4.57 Å². The van der Waals surface area contributed by atoms with Crippen LogP contribution in [0.1, 0.15) is 42.0 Å². The van der Waals surface area contributed by atoms with Crippen LogP contribution in [0.2, 0.25) is 0 Å². The number of aromatic nitrogens is 1. The Morgan fingerprint density at radius 1 is 0.917 bits per heavy atom. The van der Waals surface area contributed by atoms with Gasteiger partial charge in [0.2, 0.25) is 5.69 Å². The fourth-order valence-corrected chi connectivity index (χ4v) is 3.85. The van der Waals surface area contributed by atoms with E-state index in [0.717, 1.165) is 6.42 Å². The Hall–Kier alpha value is -2.41. The monoisotopic (exact) mass is 314 g/mol. The molecule has 1 aromatic heterocycles. The van der Waals surface area contributed by atoms with E-state index in [-0.39, 0.29) is 0 Å². The van der Waals surface area contributed by atoms with Crippen LogP contribution < -0.4 is 4.57 Å². The van der Waals surface area contributed by atoms with E-state index < -0.39 is 0 Å². The number of aryl methyl sites for hydroxylation is 1. The van der Waals surface area contributed by atoms with Crippen LogP contribution in [0.25, 0.3) is 22.4 Å². The lowest BCUT2D eigenvalue weighted by atomic mass is 9.93. The first kappa shape index (κ1) is 15.1. The zero-order chi connectivity index (χ0) is 16.8. The highest BCUT2D eigenvalue weighted by molar-refractivity contribution is 5.81. The molecule has 1 heterocycles. The minimum atomic E-state index is 0.545. The molecule has 3 aromatic rings. The highest BCUT2D eigenvalue weighted by Crippen LogP contribution is 2.40. The molecule has 0 saturated heterocycles. The minimum absolute atomic E-state index is 0.545. The second kappa shape index (κ2) is 5.59. The number of pyridine rings is 1. The van der Waals surface area contributed by atoms with Gasteiger partial charge in [-0.05, 0) is 58.7 Å². The Morgan fingerprint density at radius 3 is 2.46 bits per heavy atom. The van der Waals surface area contributed by atoms with Crippen LogP contribution in [0.5, 0.6) is 0 Å². The van der Waals surface area contributed by atoms with Crippen molar-refractivity contribution in [3.63, 3.8) is 0 Å². The Morgan fingerprint density at radius 2 is 1.67 bits per heavy atom. The Kier molecular flexibility index (Phi) is 3.53. The molecule has 1 aliphatic rings. The molecule has 2 aromatic carbocycles. The second-order valence-electron chi connectivity index (χ2n) is 7.21. The molecule has 1 aliphatic carbocycles. The summed E-state index contributed by atoms with van der Waals surface area (Å²) in [5, 5.41) is 0. The second-order valence-corrected chi connectivity index (χ2v) is 7.21. The van der Waals surface area contributed by atoms with Crippen molar-refractivity contribution >= 4 is 0 Å². The molecule has 120 valence electrons. The van der Waals surface area contributed by atoms with Gasteiger partial charge >= 0.3 is 0 Å².